The Kier molecular flexibility index (Phi) is 5.50. The Hall–Kier alpha value is -5.29. The van der Waals surface area contributed by atoms with Crippen LogP contribution in [0.15, 0.2) is 118 Å². The third-order valence-corrected chi connectivity index (χ3v) is 11.7. The van der Waals surface area contributed by atoms with Crippen molar-refractivity contribution in [3.8, 4) is 34.2 Å². The van der Waals surface area contributed by atoms with Gasteiger partial charge in [0.1, 0.15) is 22.3 Å². The minimum absolute atomic E-state index is 0.355. The molecular formula is C43H33N3O2. The van der Waals surface area contributed by atoms with Crippen molar-refractivity contribution < 1.29 is 8.83 Å². The van der Waals surface area contributed by atoms with Gasteiger partial charge in [0, 0.05) is 38.2 Å². The fourth-order valence-corrected chi connectivity index (χ4v) is 9.93. The SMILES string of the molecule is c1ccc2c(c1)oc1cc(-c3nc(-c4ccc(C56CC7CC(CC(C7)C5)C6)cc4)nc(-c4ccc5oc6ccccc6c5c4)n3)ccc12. The van der Waals surface area contributed by atoms with Crippen LogP contribution < -0.4 is 0 Å². The van der Waals surface area contributed by atoms with Crippen molar-refractivity contribution in [2.75, 3.05) is 0 Å². The van der Waals surface area contributed by atoms with Gasteiger partial charge in [0.25, 0.3) is 0 Å². The third kappa shape index (κ3) is 4.06. The Morgan fingerprint density at radius 1 is 0.438 bits per heavy atom. The van der Waals surface area contributed by atoms with Crippen molar-refractivity contribution >= 4 is 43.9 Å². The van der Waals surface area contributed by atoms with Gasteiger partial charge in [-0.05, 0) is 110 Å². The van der Waals surface area contributed by atoms with Crippen LogP contribution in [0, 0.1) is 17.8 Å². The zero-order valence-electron chi connectivity index (χ0n) is 26.5. The molecule has 3 heterocycles. The zero-order chi connectivity index (χ0) is 31.4. The summed E-state index contributed by atoms with van der Waals surface area (Å²) in [4.78, 5) is 15.3. The predicted octanol–water partition coefficient (Wildman–Crippen LogP) is 11.1. The molecule has 5 nitrogen and oxygen atoms in total. The lowest BCUT2D eigenvalue weighted by molar-refractivity contribution is -0.00518. The molecule has 3 aromatic heterocycles. The van der Waals surface area contributed by atoms with E-state index in [-0.39, 0.29) is 0 Å². The van der Waals surface area contributed by atoms with Gasteiger partial charge in [-0.15, -0.1) is 0 Å². The molecule has 232 valence electrons. The highest BCUT2D eigenvalue weighted by Crippen LogP contribution is 2.60. The van der Waals surface area contributed by atoms with Gasteiger partial charge in [0.15, 0.2) is 17.5 Å². The first-order valence-corrected chi connectivity index (χ1v) is 17.3. The zero-order valence-corrected chi connectivity index (χ0v) is 26.5. The topological polar surface area (TPSA) is 65.0 Å². The summed E-state index contributed by atoms with van der Waals surface area (Å²) in [7, 11) is 0. The molecule has 8 aromatic rings. The number of para-hydroxylation sites is 2. The van der Waals surface area contributed by atoms with Crippen LogP contribution in [0.25, 0.3) is 78.0 Å². The molecule has 0 amide bonds. The standard InChI is InChI=1S/C43H33N3O2/c1-3-7-36-32(5-1)34-15-11-30(21-39(34)48-36)42-45-40(28-9-13-31(14-10-28)43-22-25-17-26(23-43)19-27(18-25)24-43)44-41(46-42)29-12-16-38-35(20-29)33-6-2-4-8-37(33)47-38/h1-16,20-21,25-27H,17-19,22-24H2. The van der Waals surface area contributed by atoms with E-state index in [1.807, 2.05) is 48.5 Å². The number of hydrogen-bond acceptors (Lipinski definition) is 5. The van der Waals surface area contributed by atoms with Gasteiger partial charge in [-0.1, -0.05) is 66.7 Å². The molecule has 0 aliphatic heterocycles. The summed E-state index contributed by atoms with van der Waals surface area (Å²) >= 11 is 0. The fourth-order valence-electron chi connectivity index (χ4n) is 9.93. The van der Waals surface area contributed by atoms with E-state index >= 15 is 0 Å². The summed E-state index contributed by atoms with van der Waals surface area (Å²) in [5.41, 5.74) is 8.11. The first kappa shape index (κ1) is 26.7. The van der Waals surface area contributed by atoms with E-state index in [0.717, 1.165) is 78.3 Å². The molecule has 0 atom stereocenters. The quantitative estimate of drug-likeness (QED) is 0.195. The molecule has 4 saturated carbocycles. The molecule has 48 heavy (non-hydrogen) atoms. The van der Waals surface area contributed by atoms with E-state index in [9.17, 15) is 0 Å². The highest BCUT2D eigenvalue weighted by atomic mass is 16.3. The summed E-state index contributed by atoms with van der Waals surface area (Å²) in [5, 5.41) is 4.33. The largest absolute Gasteiger partial charge is 0.456 e. The number of rotatable bonds is 4. The lowest BCUT2D eigenvalue weighted by Gasteiger charge is -2.57. The normalized spacial score (nSPS) is 23.2. The Labute approximate surface area is 277 Å². The molecule has 0 radical (unpaired) electrons. The van der Waals surface area contributed by atoms with Crippen LogP contribution in [0.3, 0.4) is 0 Å². The molecule has 4 bridgehead atoms. The Morgan fingerprint density at radius 3 is 1.58 bits per heavy atom. The summed E-state index contributed by atoms with van der Waals surface area (Å²) in [6.45, 7) is 0. The first-order valence-electron chi connectivity index (χ1n) is 17.3. The monoisotopic (exact) mass is 623 g/mol. The average Bonchev–Trinajstić information content (AvgIpc) is 3.68. The second-order valence-corrected chi connectivity index (χ2v) is 14.7. The van der Waals surface area contributed by atoms with E-state index in [2.05, 4.69) is 60.7 Å². The van der Waals surface area contributed by atoms with Crippen molar-refractivity contribution in [1.82, 2.24) is 15.0 Å². The number of fused-ring (bicyclic) bond motifs is 6. The molecule has 4 aliphatic rings. The molecular weight excluding hydrogens is 590 g/mol. The predicted molar refractivity (Wildman–Crippen MR) is 191 cm³/mol. The van der Waals surface area contributed by atoms with Crippen LogP contribution in [-0.2, 0) is 5.41 Å². The van der Waals surface area contributed by atoms with Crippen LogP contribution in [0.5, 0.6) is 0 Å². The van der Waals surface area contributed by atoms with E-state index in [4.69, 9.17) is 23.8 Å². The fraction of sp³-hybridized carbons (Fsp3) is 0.233. The molecule has 0 N–H and O–H groups in total. The van der Waals surface area contributed by atoms with Crippen molar-refractivity contribution in [3.05, 3.63) is 115 Å². The average molecular weight is 624 g/mol. The van der Waals surface area contributed by atoms with E-state index in [0.29, 0.717) is 22.9 Å². The minimum atomic E-state index is 0.355. The number of aromatic nitrogens is 3. The van der Waals surface area contributed by atoms with Gasteiger partial charge in [-0.3, -0.25) is 0 Å². The van der Waals surface area contributed by atoms with E-state index < -0.39 is 0 Å². The van der Waals surface area contributed by atoms with Gasteiger partial charge in [-0.25, -0.2) is 15.0 Å². The maximum absolute atomic E-state index is 6.26. The molecule has 5 aromatic carbocycles. The molecule has 0 spiro atoms. The maximum Gasteiger partial charge on any atom is 0.164 e. The number of hydrogen-bond donors (Lipinski definition) is 0. The first-order chi connectivity index (χ1) is 23.6. The number of furan rings is 2. The van der Waals surface area contributed by atoms with Gasteiger partial charge in [-0.2, -0.15) is 0 Å². The summed E-state index contributed by atoms with van der Waals surface area (Å²) in [6, 6.07) is 38.0. The second kappa shape index (κ2) is 9.86. The van der Waals surface area contributed by atoms with Crippen LogP contribution in [0.1, 0.15) is 44.1 Å². The van der Waals surface area contributed by atoms with Crippen LogP contribution in [0.2, 0.25) is 0 Å². The van der Waals surface area contributed by atoms with Gasteiger partial charge in [0.2, 0.25) is 0 Å². The number of benzene rings is 5. The van der Waals surface area contributed by atoms with Crippen molar-refractivity contribution in [3.63, 3.8) is 0 Å². The van der Waals surface area contributed by atoms with E-state index in [1.165, 1.54) is 44.1 Å². The van der Waals surface area contributed by atoms with Crippen LogP contribution in [-0.4, -0.2) is 15.0 Å². The Balaban J connectivity index is 1.05. The summed E-state index contributed by atoms with van der Waals surface area (Å²) < 4.78 is 12.4. The minimum Gasteiger partial charge on any atom is -0.456 e. The highest BCUT2D eigenvalue weighted by Gasteiger charge is 2.51. The Bertz CT molecular complexity index is 2520. The molecule has 0 saturated heterocycles. The lowest BCUT2D eigenvalue weighted by atomic mass is 9.48. The highest BCUT2D eigenvalue weighted by molar-refractivity contribution is 6.07. The van der Waals surface area contributed by atoms with Crippen LogP contribution >= 0.6 is 0 Å². The summed E-state index contributed by atoms with van der Waals surface area (Å²) in [6.07, 6.45) is 8.42. The second-order valence-electron chi connectivity index (χ2n) is 14.7. The molecule has 0 unspecified atom stereocenters. The van der Waals surface area contributed by atoms with Crippen molar-refractivity contribution in [1.29, 1.82) is 0 Å². The maximum atomic E-state index is 6.26. The van der Waals surface area contributed by atoms with Gasteiger partial charge >= 0.3 is 0 Å². The molecule has 12 rings (SSSR count). The Morgan fingerprint density at radius 2 is 0.917 bits per heavy atom. The summed E-state index contributed by atoms with van der Waals surface area (Å²) in [5.74, 6) is 4.68. The van der Waals surface area contributed by atoms with Gasteiger partial charge < -0.3 is 8.83 Å². The van der Waals surface area contributed by atoms with Crippen molar-refractivity contribution in [2.24, 2.45) is 17.8 Å². The molecule has 4 aliphatic carbocycles. The van der Waals surface area contributed by atoms with Gasteiger partial charge in [0.05, 0.1) is 0 Å². The molecule has 4 fully saturated rings. The lowest BCUT2D eigenvalue weighted by Crippen LogP contribution is -2.48. The van der Waals surface area contributed by atoms with Crippen molar-refractivity contribution in [2.45, 2.75) is 43.9 Å². The molecule has 5 heteroatoms. The van der Waals surface area contributed by atoms with E-state index in [1.54, 1.807) is 0 Å². The third-order valence-electron chi connectivity index (χ3n) is 11.7. The van der Waals surface area contributed by atoms with Crippen LogP contribution in [0.4, 0.5) is 0 Å². The number of nitrogens with zero attached hydrogens (tertiary/aromatic N) is 3. The smallest absolute Gasteiger partial charge is 0.164 e.